The van der Waals surface area contributed by atoms with Crippen LogP contribution >= 0.6 is 15.9 Å². The zero-order chi connectivity index (χ0) is 21.5. The number of amides is 2. The molecule has 0 atom stereocenters. The van der Waals surface area contributed by atoms with Crippen molar-refractivity contribution in [2.24, 2.45) is 5.10 Å². The number of nitrogens with zero attached hydrogens (tertiary/aromatic N) is 2. The van der Waals surface area contributed by atoms with E-state index in [-0.39, 0.29) is 11.6 Å². The third-order valence-corrected chi connectivity index (χ3v) is 4.52. The van der Waals surface area contributed by atoms with Gasteiger partial charge >= 0.3 is 0 Å². The van der Waals surface area contributed by atoms with Crippen LogP contribution < -0.4 is 10.7 Å². The van der Waals surface area contributed by atoms with E-state index in [1.165, 1.54) is 30.5 Å². The normalized spacial score (nSPS) is 10.6. The molecule has 0 radical (unpaired) electrons. The monoisotopic (exact) mass is 466 g/mol. The molecule has 0 heterocycles. The first-order valence-corrected chi connectivity index (χ1v) is 9.46. The highest BCUT2D eigenvalue weighted by molar-refractivity contribution is 9.10. The molecule has 0 saturated carbocycles. The molecule has 150 valence electrons. The lowest BCUT2D eigenvalue weighted by atomic mass is 10.1. The number of rotatable bonds is 6. The van der Waals surface area contributed by atoms with E-state index in [2.05, 4.69) is 31.8 Å². The van der Waals surface area contributed by atoms with Gasteiger partial charge in [0.2, 0.25) is 0 Å². The van der Waals surface area contributed by atoms with Crippen LogP contribution in [-0.2, 0) is 0 Å². The number of carbonyl (C=O) groups excluding carboxylic acids is 2. The molecule has 3 rings (SSSR count). The molecule has 9 heteroatoms. The number of non-ortho nitro benzene ring substituents is 1. The van der Waals surface area contributed by atoms with E-state index in [1.807, 2.05) is 0 Å². The molecule has 0 aliphatic heterocycles. The van der Waals surface area contributed by atoms with Crippen molar-refractivity contribution < 1.29 is 14.5 Å². The van der Waals surface area contributed by atoms with Gasteiger partial charge in [0, 0.05) is 33.4 Å². The standard InChI is InChI=1S/C21H15BrN4O4/c22-17-7-3-15(4-8-17)20(27)24-18-9-5-16(6-10-18)21(28)25-23-13-14-1-11-19(12-2-14)26(29)30/h1-13H,(H,24,27)(H,25,28)/b23-13+. The molecule has 3 aromatic rings. The second kappa shape index (κ2) is 9.57. The Morgan fingerprint density at radius 3 is 2.03 bits per heavy atom. The predicted molar refractivity (Wildman–Crippen MR) is 117 cm³/mol. The van der Waals surface area contributed by atoms with Gasteiger partial charge in [-0.3, -0.25) is 19.7 Å². The van der Waals surface area contributed by atoms with Crippen molar-refractivity contribution in [1.82, 2.24) is 5.43 Å². The van der Waals surface area contributed by atoms with E-state index in [0.29, 0.717) is 22.4 Å². The average Bonchev–Trinajstić information content (AvgIpc) is 2.75. The molecule has 8 nitrogen and oxygen atoms in total. The summed E-state index contributed by atoms with van der Waals surface area (Å²) in [5.41, 5.74) is 4.38. The van der Waals surface area contributed by atoms with Crippen molar-refractivity contribution in [1.29, 1.82) is 0 Å². The van der Waals surface area contributed by atoms with Crippen LogP contribution in [0.25, 0.3) is 0 Å². The third-order valence-electron chi connectivity index (χ3n) is 3.99. The summed E-state index contributed by atoms with van der Waals surface area (Å²) >= 11 is 3.32. The van der Waals surface area contributed by atoms with Crippen LogP contribution in [0, 0.1) is 10.1 Å². The molecule has 0 spiro atoms. The summed E-state index contributed by atoms with van der Waals surface area (Å²) in [4.78, 5) is 34.5. The smallest absolute Gasteiger partial charge is 0.271 e. The lowest BCUT2D eigenvalue weighted by molar-refractivity contribution is -0.384. The number of hydrogen-bond acceptors (Lipinski definition) is 5. The van der Waals surface area contributed by atoms with Crippen molar-refractivity contribution >= 4 is 45.3 Å². The van der Waals surface area contributed by atoms with Crippen molar-refractivity contribution in [3.05, 3.63) is 104 Å². The highest BCUT2D eigenvalue weighted by Gasteiger charge is 2.08. The molecule has 0 aromatic heterocycles. The summed E-state index contributed by atoms with van der Waals surface area (Å²) < 4.78 is 0.880. The van der Waals surface area contributed by atoms with Gasteiger partial charge in [-0.2, -0.15) is 5.10 Å². The third kappa shape index (κ3) is 5.58. The van der Waals surface area contributed by atoms with E-state index in [0.717, 1.165) is 4.47 Å². The largest absolute Gasteiger partial charge is 0.322 e. The topological polar surface area (TPSA) is 114 Å². The van der Waals surface area contributed by atoms with Crippen LogP contribution in [0.2, 0.25) is 0 Å². The van der Waals surface area contributed by atoms with E-state index in [4.69, 9.17) is 0 Å². The first-order valence-electron chi connectivity index (χ1n) is 8.67. The number of nitro groups is 1. The minimum absolute atomic E-state index is 0.0245. The Morgan fingerprint density at radius 1 is 0.867 bits per heavy atom. The predicted octanol–water partition coefficient (Wildman–Crippen LogP) is 4.37. The average molecular weight is 467 g/mol. The maximum Gasteiger partial charge on any atom is 0.271 e. The van der Waals surface area contributed by atoms with Gasteiger partial charge in [-0.1, -0.05) is 15.9 Å². The Balaban J connectivity index is 1.56. The van der Waals surface area contributed by atoms with E-state index in [9.17, 15) is 19.7 Å². The van der Waals surface area contributed by atoms with Gasteiger partial charge in [0.1, 0.15) is 0 Å². The molecular weight excluding hydrogens is 452 g/mol. The van der Waals surface area contributed by atoms with E-state index < -0.39 is 10.8 Å². The highest BCUT2D eigenvalue weighted by atomic mass is 79.9. The van der Waals surface area contributed by atoms with Gasteiger partial charge in [0.05, 0.1) is 11.1 Å². The Morgan fingerprint density at radius 2 is 1.43 bits per heavy atom. The summed E-state index contributed by atoms with van der Waals surface area (Å²) in [6.45, 7) is 0. The van der Waals surface area contributed by atoms with Crippen LogP contribution in [-0.4, -0.2) is 23.0 Å². The second-order valence-corrected chi connectivity index (χ2v) is 7.00. The zero-order valence-corrected chi connectivity index (χ0v) is 17.0. The zero-order valence-electron chi connectivity index (χ0n) is 15.4. The molecule has 0 bridgehead atoms. The molecule has 0 fully saturated rings. The molecule has 0 unspecified atom stereocenters. The molecular formula is C21H15BrN4O4. The molecule has 2 N–H and O–H groups in total. The quantitative estimate of drug-likeness (QED) is 0.318. The Hall–Kier alpha value is -3.85. The summed E-state index contributed by atoms with van der Waals surface area (Å²) in [5, 5.41) is 17.2. The van der Waals surface area contributed by atoms with Crippen LogP contribution in [0.4, 0.5) is 11.4 Å². The van der Waals surface area contributed by atoms with Crippen molar-refractivity contribution in [2.45, 2.75) is 0 Å². The van der Waals surface area contributed by atoms with Gasteiger partial charge in [0.25, 0.3) is 17.5 Å². The van der Waals surface area contributed by atoms with Gasteiger partial charge in [-0.05, 0) is 66.2 Å². The summed E-state index contributed by atoms with van der Waals surface area (Å²) in [6, 6.07) is 19.1. The van der Waals surface area contributed by atoms with E-state index >= 15 is 0 Å². The summed E-state index contributed by atoms with van der Waals surface area (Å²) in [6.07, 6.45) is 1.38. The Labute approximate surface area is 179 Å². The van der Waals surface area contributed by atoms with Crippen molar-refractivity contribution in [2.75, 3.05) is 5.32 Å². The van der Waals surface area contributed by atoms with Crippen molar-refractivity contribution in [3.63, 3.8) is 0 Å². The minimum atomic E-state index is -0.492. The van der Waals surface area contributed by atoms with E-state index in [1.54, 1.807) is 48.5 Å². The van der Waals surface area contributed by atoms with Gasteiger partial charge in [-0.15, -0.1) is 0 Å². The SMILES string of the molecule is O=C(N/N=C/c1ccc([N+](=O)[O-])cc1)c1ccc(NC(=O)c2ccc(Br)cc2)cc1. The molecule has 0 saturated heterocycles. The van der Waals surface area contributed by atoms with Crippen LogP contribution in [0.5, 0.6) is 0 Å². The van der Waals surface area contributed by atoms with Gasteiger partial charge in [0.15, 0.2) is 0 Å². The number of carbonyl (C=O) groups is 2. The molecule has 3 aromatic carbocycles. The van der Waals surface area contributed by atoms with Gasteiger partial charge in [-0.25, -0.2) is 5.43 Å². The number of nitro benzene ring substituents is 1. The molecule has 0 aliphatic rings. The highest BCUT2D eigenvalue weighted by Crippen LogP contribution is 2.14. The van der Waals surface area contributed by atoms with Crippen LogP contribution in [0.3, 0.4) is 0 Å². The number of halogens is 1. The fraction of sp³-hybridized carbons (Fsp3) is 0. The maximum atomic E-state index is 12.2. The number of anilines is 1. The summed E-state index contributed by atoms with van der Waals surface area (Å²) in [7, 11) is 0. The fourth-order valence-electron chi connectivity index (χ4n) is 2.42. The number of benzene rings is 3. The molecule has 2 amide bonds. The van der Waals surface area contributed by atoms with Crippen LogP contribution in [0.1, 0.15) is 26.3 Å². The van der Waals surface area contributed by atoms with Crippen molar-refractivity contribution in [3.8, 4) is 0 Å². The second-order valence-electron chi connectivity index (χ2n) is 6.09. The number of hydrazone groups is 1. The number of nitrogens with one attached hydrogen (secondary N) is 2. The first kappa shape index (κ1) is 20.9. The Bertz CT molecular complexity index is 1100. The van der Waals surface area contributed by atoms with Gasteiger partial charge < -0.3 is 5.32 Å². The van der Waals surface area contributed by atoms with Crippen LogP contribution in [0.15, 0.2) is 82.4 Å². The Kier molecular flexibility index (Phi) is 6.66. The lowest BCUT2D eigenvalue weighted by Crippen LogP contribution is -2.17. The fourth-order valence-corrected chi connectivity index (χ4v) is 2.69. The summed E-state index contributed by atoms with van der Waals surface area (Å²) in [5.74, 6) is -0.689. The maximum absolute atomic E-state index is 12.2. The minimum Gasteiger partial charge on any atom is -0.322 e. The lowest BCUT2D eigenvalue weighted by Gasteiger charge is -2.06. The first-order chi connectivity index (χ1) is 14.4. The molecule has 0 aliphatic carbocycles. The molecule has 30 heavy (non-hydrogen) atoms. The number of hydrogen-bond donors (Lipinski definition) is 2.